The van der Waals surface area contributed by atoms with Gasteiger partial charge >= 0.3 is 0 Å². The molecule has 0 aliphatic carbocycles. The lowest BCUT2D eigenvalue weighted by atomic mass is 10.1. The van der Waals surface area contributed by atoms with E-state index in [4.69, 9.17) is 11.6 Å². The summed E-state index contributed by atoms with van der Waals surface area (Å²) in [5.41, 5.74) is 2.86. The fourth-order valence-corrected chi connectivity index (χ4v) is 6.11. The Morgan fingerprint density at radius 3 is 2.15 bits per heavy atom. The number of carbonyl (C=O) groups is 2. The van der Waals surface area contributed by atoms with Gasteiger partial charge in [0.15, 0.2) is 0 Å². The van der Waals surface area contributed by atoms with E-state index in [1.165, 1.54) is 17.0 Å². The van der Waals surface area contributed by atoms with E-state index in [-0.39, 0.29) is 23.4 Å². The van der Waals surface area contributed by atoms with Gasteiger partial charge in [0.2, 0.25) is 11.8 Å². The molecule has 0 fully saturated rings. The third-order valence-electron chi connectivity index (χ3n) is 6.90. The number of nitrogens with zero attached hydrogens (tertiary/aromatic N) is 2. The van der Waals surface area contributed by atoms with Crippen LogP contribution >= 0.6 is 11.6 Å². The van der Waals surface area contributed by atoms with E-state index < -0.39 is 28.5 Å². The maximum atomic E-state index is 14.1. The first kappa shape index (κ1) is 31.2. The molecule has 1 N–H and O–H groups in total. The van der Waals surface area contributed by atoms with Gasteiger partial charge in [0.1, 0.15) is 12.6 Å². The minimum Gasteiger partial charge on any atom is -0.352 e. The molecule has 0 aliphatic heterocycles. The summed E-state index contributed by atoms with van der Waals surface area (Å²) in [7, 11) is -4.13. The van der Waals surface area contributed by atoms with Crippen molar-refractivity contribution in [1.82, 2.24) is 10.2 Å². The third-order valence-corrected chi connectivity index (χ3v) is 8.91. The van der Waals surface area contributed by atoms with Gasteiger partial charge in [0, 0.05) is 17.6 Å². The number of rotatable bonds is 12. The topological polar surface area (TPSA) is 86.8 Å². The van der Waals surface area contributed by atoms with Crippen molar-refractivity contribution in [3.63, 3.8) is 0 Å². The van der Waals surface area contributed by atoms with Crippen molar-refractivity contribution in [2.24, 2.45) is 0 Å². The van der Waals surface area contributed by atoms with E-state index in [9.17, 15) is 18.0 Å². The minimum absolute atomic E-state index is 0.0591. The zero-order valence-corrected chi connectivity index (χ0v) is 25.3. The fourth-order valence-electron chi connectivity index (χ4n) is 4.38. The molecule has 3 rings (SSSR count). The molecule has 2 atom stereocenters. The van der Waals surface area contributed by atoms with Crippen molar-refractivity contribution in [1.29, 1.82) is 0 Å². The molecule has 3 aromatic rings. The van der Waals surface area contributed by atoms with Gasteiger partial charge in [-0.05, 0) is 75.1 Å². The summed E-state index contributed by atoms with van der Waals surface area (Å²) in [6, 6.07) is 19.7. The molecule has 0 radical (unpaired) electrons. The number of hydrogen-bond acceptors (Lipinski definition) is 4. The number of carbonyl (C=O) groups excluding carboxylic acids is 2. The molecule has 0 aliphatic rings. The van der Waals surface area contributed by atoms with E-state index in [0.717, 1.165) is 21.9 Å². The minimum atomic E-state index is -4.13. The lowest BCUT2D eigenvalue weighted by molar-refractivity contribution is -0.140. The van der Waals surface area contributed by atoms with Gasteiger partial charge in [-0.2, -0.15) is 0 Å². The Morgan fingerprint density at radius 2 is 1.57 bits per heavy atom. The molecule has 40 heavy (non-hydrogen) atoms. The highest BCUT2D eigenvalue weighted by molar-refractivity contribution is 7.92. The Balaban J connectivity index is 2.07. The number of halogens is 1. The number of benzene rings is 3. The molecule has 0 saturated carbocycles. The maximum absolute atomic E-state index is 14.1. The fraction of sp³-hybridized carbons (Fsp3) is 0.355. The molecule has 9 heteroatoms. The number of hydrogen-bond donors (Lipinski definition) is 1. The number of amides is 2. The zero-order valence-electron chi connectivity index (χ0n) is 23.7. The monoisotopic (exact) mass is 583 g/mol. The van der Waals surface area contributed by atoms with E-state index >= 15 is 0 Å². The van der Waals surface area contributed by atoms with Crippen LogP contribution in [0.3, 0.4) is 0 Å². The summed E-state index contributed by atoms with van der Waals surface area (Å²) in [6.45, 7) is 9.12. The standard InChI is InChI=1S/C31H38ClN3O4S/c1-6-24(5)33-31(37)28(7-2)34(20-25-15-13-22(3)14-16-25)30(36)21-35(29-18-17-26(32)19-23(29)4)40(38,39)27-11-9-8-10-12-27/h8-19,24,28H,6-7,20-21H2,1-5H3,(H,33,37)/t24-,28+/m0/s1. The Labute approximate surface area is 243 Å². The molecule has 0 unspecified atom stereocenters. The van der Waals surface area contributed by atoms with Crippen LogP contribution in [0.15, 0.2) is 77.7 Å². The quantitative estimate of drug-likeness (QED) is 0.289. The average molecular weight is 584 g/mol. The molecule has 3 aromatic carbocycles. The van der Waals surface area contributed by atoms with Crippen molar-refractivity contribution in [2.75, 3.05) is 10.8 Å². The van der Waals surface area contributed by atoms with Crippen LogP contribution in [0.4, 0.5) is 5.69 Å². The van der Waals surface area contributed by atoms with E-state index in [1.807, 2.05) is 52.0 Å². The van der Waals surface area contributed by atoms with Crippen LogP contribution in [0.5, 0.6) is 0 Å². The van der Waals surface area contributed by atoms with Crippen molar-refractivity contribution in [2.45, 2.75) is 71.0 Å². The van der Waals surface area contributed by atoms with Gasteiger partial charge in [-0.3, -0.25) is 13.9 Å². The molecule has 2 amide bonds. The summed E-state index contributed by atoms with van der Waals surface area (Å²) < 4.78 is 29.0. The van der Waals surface area contributed by atoms with Gasteiger partial charge in [-0.1, -0.05) is 73.5 Å². The van der Waals surface area contributed by atoms with Crippen LogP contribution in [0.25, 0.3) is 0 Å². The summed E-state index contributed by atoms with van der Waals surface area (Å²) in [4.78, 5) is 29.0. The summed E-state index contributed by atoms with van der Waals surface area (Å²) >= 11 is 6.17. The number of aryl methyl sites for hydroxylation is 2. The van der Waals surface area contributed by atoms with Gasteiger partial charge in [-0.15, -0.1) is 0 Å². The SMILES string of the molecule is CC[C@H](C(=O)N[C@@H](C)CC)N(Cc1ccc(C)cc1)C(=O)CN(c1ccc(Cl)cc1C)S(=O)(=O)c1ccccc1. The number of anilines is 1. The van der Waals surface area contributed by atoms with E-state index in [1.54, 1.807) is 43.3 Å². The molecule has 214 valence electrons. The molecule has 0 aromatic heterocycles. The van der Waals surface area contributed by atoms with Crippen molar-refractivity contribution in [3.8, 4) is 0 Å². The first-order chi connectivity index (χ1) is 19.0. The second-order valence-corrected chi connectivity index (χ2v) is 12.3. The van der Waals surface area contributed by atoms with Crippen molar-refractivity contribution in [3.05, 3.63) is 94.5 Å². The molecular weight excluding hydrogens is 546 g/mol. The van der Waals surface area contributed by atoms with Gasteiger partial charge < -0.3 is 10.2 Å². The lowest BCUT2D eigenvalue weighted by Gasteiger charge is -2.34. The van der Waals surface area contributed by atoms with Crippen LogP contribution in [0, 0.1) is 13.8 Å². The molecular formula is C31H38ClN3O4S. The number of sulfonamides is 1. The normalized spacial score (nSPS) is 12.8. The van der Waals surface area contributed by atoms with E-state index in [2.05, 4.69) is 5.32 Å². The lowest BCUT2D eigenvalue weighted by Crippen LogP contribution is -2.53. The van der Waals surface area contributed by atoms with Crippen LogP contribution in [-0.2, 0) is 26.2 Å². The Hall–Kier alpha value is -3.36. The predicted molar refractivity (Wildman–Crippen MR) is 161 cm³/mol. The first-order valence-electron chi connectivity index (χ1n) is 13.5. The highest BCUT2D eigenvalue weighted by atomic mass is 35.5. The summed E-state index contributed by atoms with van der Waals surface area (Å²) in [5.74, 6) is -0.752. The molecule has 7 nitrogen and oxygen atoms in total. The highest BCUT2D eigenvalue weighted by Gasteiger charge is 2.34. The van der Waals surface area contributed by atoms with Crippen molar-refractivity contribution < 1.29 is 18.0 Å². The van der Waals surface area contributed by atoms with Crippen LogP contribution in [-0.4, -0.2) is 43.8 Å². The smallest absolute Gasteiger partial charge is 0.264 e. The average Bonchev–Trinajstić information content (AvgIpc) is 2.93. The van der Waals surface area contributed by atoms with Gasteiger partial charge in [0.25, 0.3) is 10.0 Å². The summed E-state index contributed by atoms with van der Waals surface area (Å²) in [5, 5.41) is 3.44. The summed E-state index contributed by atoms with van der Waals surface area (Å²) in [6.07, 6.45) is 1.11. The first-order valence-corrected chi connectivity index (χ1v) is 15.3. The molecule has 0 saturated heterocycles. The highest BCUT2D eigenvalue weighted by Crippen LogP contribution is 2.29. The second-order valence-electron chi connectivity index (χ2n) is 10.0. The largest absolute Gasteiger partial charge is 0.352 e. The van der Waals surface area contributed by atoms with Gasteiger partial charge in [-0.25, -0.2) is 8.42 Å². The van der Waals surface area contributed by atoms with Crippen molar-refractivity contribution >= 4 is 39.1 Å². The number of nitrogens with one attached hydrogen (secondary N) is 1. The van der Waals surface area contributed by atoms with Gasteiger partial charge in [0.05, 0.1) is 10.6 Å². The van der Waals surface area contributed by atoms with E-state index in [0.29, 0.717) is 22.7 Å². The molecule has 0 heterocycles. The van der Waals surface area contributed by atoms with Crippen LogP contribution < -0.4 is 9.62 Å². The predicted octanol–water partition coefficient (Wildman–Crippen LogP) is 5.87. The van der Waals surface area contributed by atoms with Crippen LogP contribution in [0.1, 0.15) is 50.3 Å². The molecule has 0 spiro atoms. The zero-order chi connectivity index (χ0) is 29.4. The Bertz CT molecular complexity index is 1410. The Kier molecular flexibility index (Phi) is 10.8. The third kappa shape index (κ3) is 7.64. The Morgan fingerprint density at radius 1 is 0.925 bits per heavy atom. The van der Waals surface area contributed by atoms with Crippen LogP contribution in [0.2, 0.25) is 5.02 Å². The maximum Gasteiger partial charge on any atom is 0.264 e. The molecule has 0 bridgehead atoms. The second kappa shape index (κ2) is 13.8.